The molecule has 3 N–H and O–H groups in total. The molecule has 3 aromatic rings. The molecule has 3 rings (SSSR count). The summed E-state index contributed by atoms with van der Waals surface area (Å²) >= 11 is 1.03. The zero-order valence-corrected chi connectivity index (χ0v) is 16.3. The quantitative estimate of drug-likeness (QED) is 0.538. The van der Waals surface area contributed by atoms with Crippen molar-refractivity contribution in [1.29, 1.82) is 0 Å². The van der Waals surface area contributed by atoms with Gasteiger partial charge in [-0.25, -0.2) is 4.39 Å². The van der Waals surface area contributed by atoms with E-state index in [0.717, 1.165) is 17.1 Å². The van der Waals surface area contributed by atoms with Gasteiger partial charge in [-0.15, -0.1) is 11.8 Å². The molecule has 0 aliphatic carbocycles. The summed E-state index contributed by atoms with van der Waals surface area (Å²) in [5.41, 5.74) is 5.90. The number of furan rings is 1. The molecule has 0 bridgehead atoms. The van der Waals surface area contributed by atoms with E-state index in [0.29, 0.717) is 11.1 Å². The van der Waals surface area contributed by atoms with Crippen LogP contribution in [-0.2, 0) is 9.59 Å². The Bertz CT molecular complexity index is 1070. The second-order valence-electron chi connectivity index (χ2n) is 6.08. The van der Waals surface area contributed by atoms with Crippen LogP contribution in [0.4, 0.5) is 10.1 Å². The van der Waals surface area contributed by atoms with E-state index >= 15 is 0 Å². The minimum atomic E-state index is -0.575. The number of halogens is 1. The fraction of sp³-hybridized carbons (Fsp3) is 0.150. The van der Waals surface area contributed by atoms with E-state index in [-0.39, 0.29) is 23.0 Å². The summed E-state index contributed by atoms with van der Waals surface area (Å²) < 4.78 is 19.0. The molecule has 0 aliphatic rings. The van der Waals surface area contributed by atoms with Crippen molar-refractivity contribution in [2.24, 2.45) is 0 Å². The van der Waals surface area contributed by atoms with Gasteiger partial charge in [-0.2, -0.15) is 0 Å². The van der Waals surface area contributed by atoms with Crippen LogP contribution in [-0.4, -0.2) is 29.2 Å². The molecule has 7 nitrogen and oxygen atoms in total. The third-order valence-electron chi connectivity index (χ3n) is 3.98. The standard InChI is InChI=1S/C20H18FN3O4S/c1-12-13-6-2-5-9-16(13)28-19(12)20(27)24-23-18(26)11-29-10-17(25)22-15-8-4-3-7-14(15)21/h2-9H,10-11H2,1H3,(H,22,25)(H,23,26)(H,24,27). The van der Waals surface area contributed by atoms with Gasteiger partial charge in [-0.05, 0) is 25.1 Å². The van der Waals surface area contributed by atoms with Crippen molar-refractivity contribution in [2.75, 3.05) is 16.8 Å². The summed E-state index contributed by atoms with van der Waals surface area (Å²) in [6.07, 6.45) is 0. The maximum atomic E-state index is 13.5. The number of aryl methyl sites for hydroxylation is 1. The van der Waals surface area contributed by atoms with Crippen LogP contribution in [0.5, 0.6) is 0 Å². The number of para-hydroxylation sites is 2. The molecule has 29 heavy (non-hydrogen) atoms. The molecule has 0 spiro atoms. The SMILES string of the molecule is Cc1c(C(=O)NNC(=O)CSCC(=O)Nc2ccccc2F)oc2ccccc12. The second-order valence-corrected chi connectivity index (χ2v) is 7.06. The predicted octanol–water partition coefficient (Wildman–Crippen LogP) is 3.01. The number of rotatable bonds is 6. The molecule has 3 amide bonds. The number of anilines is 1. The Morgan fingerprint density at radius 2 is 1.66 bits per heavy atom. The van der Waals surface area contributed by atoms with Crippen molar-refractivity contribution < 1.29 is 23.2 Å². The van der Waals surface area contributed by atoms with Crippen LogP contribution in [0.3, 0.4) is 0 Å². The molecule has 1 aromatic heterocycles. The number of carbonyl (C=O) groups is 3. The van der Waals surface area contributed by atoms with E-state index in [9.17, 15) is 18.8 Å². The number of fused-ring (bicyclic) bond motifs is 1. The molecule has 0 saturated carbocycles. The Hall–Kier alpha value is -3.33. The lowest BCUT2D eigenvalue weighted by molar-refractivity contribution is -0.119. The summed E-state index contributed by atoms with van der Waals surface area (Å²) in [5, 5.41) is 3.25. The summed E-state index contributed by atoms with van der Waals surface area (Å²) in [5.74, 6) is -2.03. The summed E-state index contributed by atoms with van der Waals surface area (Å²) in [4.78, 5) is 35.9. The Kier molecular flexibility index (Phi) is 6.50. The first-order valence-electron chi connectivity index (χ1n) is 8.65. The van der Waals surface area contributed by atoms with Crippen molar-refractivity contribution in [3.63, 3.8) is 0 Å². The van der Waals surface area contributed by atoms with Gasteiger partial charge < -0.3 is 9.73 Å². The van der Waals surface area contributed by atoms with E-state index in [2.05, 4.69) is 16.2 Å². The van der Waals surface area contributed by atoms with E-state index in [1.165, 1.54) is 18.2 Å². The monoisotopic (exact) mass is 415 g/mol. The van der Waals surface area contributed by atoms with Gasteiger partial charge in [0.2, 0.25) is 11.8 Å². The molecule has 150 valence electrons. The van der Waals surface area contributed by atoms with Gasteiger partial charge in [0.15, 0.2) is 5.76 Å². The summed E-state index contributed by atoms with van der Waals surface area (Å²) in [6.45, 7) is 1.76. The molecule has 1 heterocycles. The van der Waals surface area contributed by atoms with Crippen molar-refractivity contribution in [1.82, 2.24) is 10.9 Å². The highest BCUT2D eigenvalue weighted by atomic mass is 32.2. The van der Waals surface area contributed by atoms with Gasteiger partial charge in [0.25, 0.3) is 0 Å². The first-order chi connectivity index (χ1) is 14.0. The molecule has 0 fully saturated rings. The zero-order valence-electron chi connectivity index (χ0n) is 15.5. The average molecular weight is 415 g/mol. The van der Waals surface area contributed by atoms with Gasteiger partial charge in [-0.1, -0.05) is 30.3 Å². The van der Waals surface area contributed by atoms with E-state index < -0.39 is 23.5 Å². The fourth-order valence-corrected chi connectivity index (χ4v) is 3.21. The minimum Gasteiger partial charge on any atom is -0.451 e. The first-order valence-corrected chi connectivity index (χ1v) is 9.80. The van der Waals surface area contributed by atoms with Crippen molar-refractivity contribution in [2.45, 2.75) is 6.92 Å². The number of nitrogens with one attached hydrogen (secondary N) is 3. The summed E-state index contributed by atoms with van der Waals surface area (Å²) in [7, 11) is 0. The number of hydrogen-bond acceptors (Lipinski definition) is 5. The van der Waals surface area contributed by atoms with Gasteiger partial charge in [-0.3, -0.25) is 25.2 Å². The molecular weight excluding hydrogens is 397 g/mol. The Balaban J connectivity index is 1.42. The topological polar surface area (TPSA) is 100 Å². The Morgan fingerprint density at radius 3 is 2.41 bits per heavy atom. The van der Waals surface area contributed by atoms with Gasteiger partial charge in [0.05, 0.1) is 17.2 Å². The smallest absolute Gasteiger partial charge is 0.305 e. The number of hydrazine groups is 1. The number of benzene rings is 2. The predicted molar refractivity (Wildman–Crippen MR) is 109 cm³/mol. The third kappa shape index (κ3) is 5.14. The van der Waals surface area contributed by atoms with Gasteiger partial charge in [0, 0.05) is 10.9 Å². The normalized spacial score (nSPS) is 10.6. The lowest BCUT2D eigenvalue weighted by atomic mass is 10.1. The molecule has 0 saturated heterocycles. The fourth-order valence-electron chi connectivity index (χ4n) is 2.60. The lowest BCUT2D eigenvalue weighted by Crippen LogP contribution is -2.42. The van der Waals surface area contributed by atoms with Crippen molar-refractivity contribution in [3.8, 4) is 0 Å². The van der Waals surface area contributed by atoms with Gasteiger partial charge in [0.1, 0.15) is 11.4 Å². The molecule has 0 atom stereocenters. The maximum absolute atomic E-state index is 13.5. The number of hydrogen-bond donors (Lipinski definition) is 3. The summed E-state index contributed by atoms with van der Waals surface area (Å²) in [6, 6.07) is 13.0. The van der Waals surface area contributed by atoms with Crippen LogP contribution >= 0.6 is 11.8 Å². The minimum absolute atomic E-state index is 0.0433. The van der Waals surface area contributed by atoms with E-state index in [1.54, 1.807) is 25.1 Å². The molecule has 0 unspecified atom stereocenters. The largest absolute Gasteiger partial charge is 0.451 e. The average Bonchev–Trinajstić information content (AvgIpc) is 3.05. The highest BCUT2D eigenvalue weighted by Gasteiger charge is 2.18. The van der Waals surface area contributed by atoms with Crippen LogP contribution in [0.25, 0.3) is 11.0 Å². The first kappa shape index (κ1) is 20.4. The van der Waals surface area contributed by atoms with Gasteiger partial charge >= 0.3 is 5.91 Å². The van der Waals surface area contributed by atoms with Crippen LogP contribution in [0.2, 0.25) is 0 Å². The highest BCUT2D eigenvalue weighted by Crippen LogP contribution is 2.24. The Morgan fingerprint density at radius 1 is 0.966 bits per heavy atom. The molecule has 0 radical (unpaired) electrons. The molecule has 9 heteroatoms. The zero-order chi connectivity index (χ0) is 20.8. The van der Waals surface area contributed by atoms with Crippen LogP contribution in [0.1, 0.15) is 16.1 Å². The second kappa shape index (κ2) is 9.24. The number of amides is 3. The number of carbonyl (C=O) groups excluding carboxylic acids is 3. The molecule has 0 aliphatic heterocycles. The van der Waals surface area contributed by atoms with Crippen molar-refractivity contribution in [3.05, 3.63) is 65.7 Å². The highest BCUT2D eigenvalue weighted by molar-refractivity contribution is 8.00. The Labute approximate surface area is 170 Å². The number of thioether (sulfide) groups is 1. The van der Waals surface area contributed by atoms with E-state index in [4.69, 9.17) is 4.42 Å². The maximum Gasteiger partial charge on any atom is 0.305 e. The van der Waals surface area contributed by atoms with Crippen LogP contribution < -0.4 is 16.2 Å². The van der Waals surface area contributed by atoms with Crippen LogP contribution in [0.15, 0.2) is 52.9 Å². The molecular formula is C20H18FN3O4S. The van der Waals surface area contributed by atoms with E-state index in [1.807, 2.05) is 12.1 Å². The van der Waals surface area contributed by atoms with Crippen LogP contribution in [0, 0.1) is 12.7 Å². The third-order valence-corrected chi connectivity index (χ3v) is 4.91. The van der Waals surface area contributed by atoms with Crippen molar-refractivity contribution >= 4 is 46.1 Å². The molecule has 2 aromatic carbocycles. The lowest BCUT2D eigenvalue weighted by Gasteiger charge is -2.07.